The van der Waals surface area contributed by atoms with Crippen LogP contribution in [0.2, 0.25) is 0 Å². The fraction of sp³-hybridized carbons (Fsp3) is 0.867. The summed E-state index contributed by atoms with van der Waals surface area (Å²) in [6, 6.07) is 0. The van der Waals surface area contributed by atoms with Gasteiger partial charge in [0, 0.05) is 0 Å². The zero-order valence-electron chi connectivity index (χ0n) is 12.6. The lowest BCUT2D eigenvalue weighted by Gasteiger charge is -2.29. The predicted molar refractivity (Wildman–Crippen MR) is 72.9 cm³/mol. The molecule has 0 aromatic carbocycles. The number of aliphatic hydroxyl groups excluding tert-OH is 2. The summed E-state index contributed by atoms with van der Waals surface area (Å²) in [5.41, 5.74) is -3.10. The second kappa shape index (κ2) is 4.91. The molecule has 3 aliphatic rings. The van der Waals surface area contributed by atoms with Crippen molar-refractivity contribution in [3.63, 3.8) is 0 Å². The molecule has 0 aromatic heterocycles. The van der Waals surface area contributed by atoms with Gasteiger partial charge in [-0.15, -0.1) is 0 Å². The summed E-state index contributed by atoms with van der Waals surface area (Å²) < 4.78 is 11.0. The van der Waals surface area contributed by atoms with Gasteiger partial charge >= 0.3 is 11.9 Å². The molecule has 2 bridgehead atoms. The Hall–Kier alpha value is -1.18. The number of ether oxygens (including phenoxy) is 2. The van der Waals surface area contributed by atoms with E-state index in [-0.39, 0.29) is 32.3 Å². The number of esters is 1. The molecule has 4 atom stereocenters. The zero-order chi connectivity index (χ0) is 16.2. The number of carboxylic acids is 1. The summed E-state index contributed by atoms with van der Waals surface area (Å²) in [6.07, 6.45) is 1.26. The number of aliphatic hydroxyl groups is 2. The first-order valence-corrected chi connectivity index (χ1v) is 7.70. The highest BCUT2D eigenvalue weighted by molar-refractivity contribution is 5.96. The van der Waals surface area contributed by atoms with Crippen LogP contribution >= 0.6 is 0 Å². The number of fused-ring (bicyclic) bond motifs is 5. The van der Waals surface area contributed by atoms with E-state index in [9.17, 15) is 24.9 Å². The number of carboxylic acid groups (broad SMARTS) is 1. The van der Waals surface area contributed by atoms with Crippen LogP contribution in [0, 0.1) is 16.2 Å². The molecular weight excluding hydrogens is 292 g/mol. The number of rotatable bonds is 7. The van der Waals surface area contributed by atoms with E-state index < -0.39 is 34.3 Å². The fourth-order valence-electron chi connectivity index (χ4n) is 4.16. The molecule has 22 heavy (non-hydrogen) atoms. The molecule has 3 N–H and O–H groups in total. The molecule has 3 fully saturated rings. The SMILES string of the molecule is CCC(CO)(CO)COC(=O)C12CC1(C(=O)O)C1CCC2O1. The Kier molecular flexibility index (Phi) is 3.50. The maximum atomic E-state index is 12.6. The Morgan fingerprint density at radius 2 is 1.82 bits per heavy atom. The van der Waals surface area contributed by atoms with E-state index in [1.54, 1.807) is 6.92 Å². The van der Waals surface area contributed by atoms with Crippen LogP contribution in [0.5, 0.6) is 0 Å². The molecular formula is C15H22O7. The Morgan fingerprint density at radius 1 is 1.23 bits per heavy atom. The molecule has 0 aromatic rings. The minimum atomic E-state index is -1.14. The van der Waals surface area contributed by atoms with Crippen molar-refractivity contribution in [1.29, 1.82) is 0 Å². The first-order valence-electron chi connectivity index (χ1n) is 7.70. The van der Waals surface area contributed by atoms with Gasteiger partial charge in [0.1, 0.15) is 17.4 Å². The standard InChI is InChI=1S/C15H22O7/c1-2-13(6-16,7-17)8-21-12(20)15-5-14(15,11(18)19)9-3-4-10(15)22-9/h9-10,16-17H,2-8H2,1H3,(H,18,19). The van der Waals surface area contributed by atoms with Gasteiger partial charge in [0.15, 0.2) is 0 Å². The number of hydrogen-bond donors (Lipinski definition) is 3. The summed E-state index contributed by atoms with van der Waals surface area (Å²) in [5, 5.41) is 28.4. The van der Waals surface area contributed by atoms with Crippen LogP contribution in [-0.4, -0.2) is 59.3 Å². The third-order valence-corrected chi connectivity index (χ3v) is 6.02. The molecule has 2 saturated heterocycles. The maximum absolute atomic E-state index is 12.6. The number of hydrogen-bond acceptors (Lipinski definition) is 6. The average molecular weight is 314 g/mol. The van der Waals surface area contributed by atoms with E-state index in [1.165, 1.54) is 0 Å². The van der Waals surface area contributed by atoms with Gasteiger partial charge in [0.05, 0.1) is 30.8 Å². The smallest absolute Gasteiger partial charge is 0.316 e. The van der Waals surface area contributed by atoms with Crippen LogP contribution in [0.15, 0.2) is 0 Å². The molecule has 4 unspecified atom stereocenters. The minimum absolute atomic E-state index is 0.121. The summed E-state index contributed by atoms with van der Waals surface area (Å²) in [4.78, 5) is 24.2. The monoisotopic (exact) mass is 314 g/mol. The highest BCUT2D eigenvalue weighted by atomic mass is 16.6. The molecule has 3 rings (SSSR count). The predicted octanol–water partition coefficient (Wildman–Crippen LogP) is -0.0671. The van der Waals surface area contributed by atoms with E-state index in [4.69, 9.17) is 9.47 Å². The van der Waals surface area contributed by atoms with Gasteiger partial charge in [-0.05, 0) is 25.7 Å². The highest BCUT2D eigenvalue weighted by Gasteiger charge is 2.89. The van der Waals surface area contributed by atoms with Gasteiger partial charge in [-0.25, -0.2) is 0 Å². The largest absolute Gasteiger partial charge is 0.481 e. The van der Waals surface area contributed by atoms with Gasteiger partial charge < -0.3 is 24.8 Å². The van der Waals surface area contributed by atoms with E-state index >= 15 is 0 Å². The summed E-state index contributed by atoms with van der Waals surface area (Å²) in [6.45, 7) is 1.07. The van der Waals surface area contributed by atoms with Crippen molar-refractivity contribution in [1.82, 2.24) is 0 Å². The number of carbonyl (C=O) groups excluding carboxylic acids is 1. The molecule has 0 radical (unpaired) electrons. The topological polar surface area (TPSA) is 113 Å². The van der Waals surface area contributed by atoms with E-state index in [0.717, 1.165) is 0 Å². The van der Waals surface area contributed by atoms with Crippen LogP contribution in [0.4, 0.5) is 0 Å². The lowest BCUT2D eigenvalue weighted by atomic mass is 9.79. The lowest BCUT2D eigenvalue weighted by molar-refractivity contribution is -0.163. The molecule has 7 nitrogen and oxygen atoms in total. The van der Waals surface area contributed by atoms with Gasteiger partial charge in [-0.2, -0.15) is 0 Å². The van der Waals surface area contributed by atoms with Crippen LogP contribution in [-0.2, 0) is 19.1 Å². The van der Waals surface area contributed by atoms with Crippen molar-refractivity contribution in [2.75, 3.05) is 19.8 Å². The Morgan fingerprint density at radius 3 is 2.32 bits per heavy atom. The third kappa shape index (κ3) is 1.67. The molecule has 0 amide bonds. The molecule has 2 heterocycles. The van der Waals surface area contributed by atoms with Gasteiger partial charge in [-0.1, -0.05) is 6.92 Å². The van der Waals surface area contributed by atoms with Crippen molar-refractivity contribution in [3.8, 4) is 0 Å². The van der Waals surface area contributed by atoms with Crippen molar-refractivity contribution < 1.29 is 34.4 Å². The van der Waals surface area contributed by atoms with Crippen molar-refractivity contribution in [2.24, 2.45) is 16.2 Å². The van der Waals surface area contributed by atoms with Crippen LogP contribution in [0.25, 0.3) is 0 Å². The quantitative estimate of drug-likeness (QED) is 0.564. The fourth-order valence-corrected chi connectivity index (χ4v) is 4.16. The molecule has 124 valence electrons. The van der Waals surface area contributed by atoms with E-state index in [0.29, 0.717) is 19.3 Å². The van der Waals surface area contributed by atoms with Crippen molar-refractivity contribution in [3.05, 3.63) is 0 Å². The molecule has 1 aliphatic carbocycles. The van der Waals surface area contributed by atoms with Gasteiger partial charge in [-0.3, -0.25) is 9.59 Å². The number of aliphatic carboxylic acids is 1. The molecule has 2 aliphatic heterocycles. The van der Waals surface area contributed by atoms with Crippen LogP contribution < -0.4 is 0 Å². The van der Waals surface area contributed by atoms with E-state index in [1.807, 2.05) is 0 Å². The van der Waals surface area contributed by atoms with Gasteiger partial charge in [0.25, 0.3) is 0 Å². The van der Waals surface area contributed by atoms with Gasteiger partial charge in [0.2, 0.25) is 0 Å². The normalized spacial score (nSPS) is 38.7. The Bertz CT molecular complexity index is 492. The first-order chi connectivity index (χ1) is 10.4. The number of carbonyl (C=O) groups is 2. The van der Waals surface area contributed by atoms with E-state index in [2.05, 4.69) is 0 Å². The van der Waals surface area contributed by atoms with Crippen LogP contribution in [0.1, 0.15) is 32.6 Å². The Balaban J connectivity index is 1.75. The Labute approximate surface area is 128 Å². The summed E-state index contributed by atoms with van der Waals surface area (Å²) >= 11 is 0. The molecule has 7 heteroatoms. The second-order valence-corrected chi connectivity index (χ2v) is 6.86. The van der Waals surface area contributed by atoms with Crippen molar-refractivity contribution in [2.45, 2.75) is 44.8 Å². The molecule has 0 spiro atoms. The molecule has 1 saturated carbocycles. The summed E-state index contributed by atoms with van der Waals surface area (Å²) in [5.74, 6) is -1.57. The zero-order valence-corrected chi connectivity index (χ0v) is 12.6. The highest BCUT2D eigenvalue weighted by Crippen LogP contribution is 2.77. The second-order valence-electron chi connectivity index (χ2n) is 6.86. The van der Waals surface area contributed by atoms with Crippen molar-refractivity contribution >= 4 is 11.9 Å². The average Bonchev–Trinajstić information content (AvgIpc) is 2.95. The summed E-state index contributed by atoms with van der Waals surface area (Å²) in [7, 11) is 0. The minimum Gasteiger partial charge on any atom is -0.481 e. The van der Waals surface area contributed by atoms with Crippen LogP contribution in [0.3, 0.4) is 0 Å². The maximum Gasteiger partial charge on any atom is 0.316 e. The lowest BCUT2D eigenvalue weighted by Crippen LogP contribution is -2.42. The third-order valence-electron chi connectivity index (χ3n) is 6.02. The first kappa shape index (κ1) is 15.7.